The van der Waals surface area contributed by atoms with Gasteiger partial charge in [-0.25, -0.2) is 8.42 Å². The predicted molar refractivity (Wildman–Crippen MR) is 105 cm³/mol. The van der Waals surface area contributed by atoms with Crippen LogP contribution in [0.25, 0.3) is 0 Å². The van der Waals surface area contributed by atoms with Crippen molar-refractivity contribution in [3.63, 3.8) is 0 Å². The van der Waals surface area contributed by atoms with Crippen LogP contribution < -0.4 is 10.0 Å². The van der Waals surface area contributed by atoms with Crippen molar-refractivity contribution in [3.8, 4) is 0 Å². The van der Waals surface area contributed by atoms with E-state index in [1.54, 1.807) is 12.1 Å². The molecule has 0 aliphatic rings. The highest BCUT2D eigenvalue weighted by Gasteiger charge is 2.19. The Morgan fingerprint density at radius 3 is 2.38 bits per heavy atom. The van der Waals surface area contributed by atoms with E-state index in [1.807, 2.05) is 33.8 Å². The van der Waals surface area contributed by atoms with Crippen molar-refractivity contribution in [2.45, 2.75) is 32.6 Å². The van der Waals surface area contributed by atoms with Crippen LogP contribution in [-0.4, -0.2) is 20.9 Å². The van der Waals surface area contributed by atoms with E-state index in [2.05, 4.69) is 10.0 Å². The van der Waals surface area contributed by atoms with Gasteiger partial charge in [0.25, 0.3) is 15.9 Å². The summed E-state index contributed by atoms with van der Waals surface area (Å²) in [7, 11) is -3.84. The van der Waals surface area contributed by atoms with Crippen molar-refractivity contribution in [1.82, 2.24) is 5.32 Å². The van der Waals surface area contributed by atoms with Gasteiger partial charge in [0.15, 0.2) is 0 Å². The van der Waals surface area contributed by atoms with Gasteiger partial charge in [-0.15, -0.1) is 0 Å². The Morgan fingerprint density at radius 1 is 1.08 bits per heavy atom. The fraction of sp³-hybridized carbons (Fsp3) is 0.316. The van der Waals surface area contributed by atoms with Crippen LogP contribution in [0.4, 0.5) is 5.69 Å². The zero-order valence-corrected chi connectivity index (χ0v) is 16.8. The van der Waals surface area contributed by atoms with E-state index in [4.69, 9.17) is 11.6 Å². The summed E-state index contributed by atoms with van der Waals surface area (Å²) in [5.74, 6) is -0.122. The van der Waals surface area contributed by atoms with Gasteiger partial charge in [0.2, 0.25) is 0 Å². The van der Waals surface area contributed by atoms with Crippen LogP contribution in [0.1, 0.15) is 35.3 Å². The second-order valence-corrected chi connectivity index (χ2v) is 8.74. The minimum Gasteiger partial charge on any atom is -0.352 e. The summed E-state index contributed by atoms with van der Waals surface area (Å²) in [5, 5.41) is 2.95. The molecule has 0 aliphatic heterocycles. The van der Waals surface area contributed by atoms with Crippen LogP contribution in [-0.2, 0) is 10.0 Å². The standard InChI is InChI=1S/C19H23ClN2O3S/c1-12(2)11-21-19(23)17-10-16(7-8-18(17)20)26(24,25)22-15-6-5-13(3)14(4)9-15/h5-10,12,22H,11H2,1-4H3,(H,21,23). The molecule has 5 nitrogen and oxygen atoms in total. The van der Waals surface area contributed by atoms with Gasteiger partial charge in [-0.2, -0.15) is 0 Å². The van der Waals surface area contributed by atoms with Crippen molar-refractivity contribution in [1.29, 1.82) is 0 Å². The normalized spacial score (nSPS) is 11.5. The summed E-state index contributed by atoms with van der Waals surface area (Å²) in [4.78, 5) is 12.3. The first-order valence-electron chi connectivity index (χ1n) is 8.28. The first-order chi connectivity index (χ1) is 12.1. The molecule has 2 aromatic carbocycles. The molecule has 0 aliphatic carbocycles. The summed E-state index contributed by atoms with van der Waals surface area (Å²) in [6.07, 6.45) is 0. The van der Waals surface area contributed by atoms with E-state index >= 15 is 0 Å². The number of benzene rings is 2. The average Bonchev–Trinajstić information content (AvgIpc) is 2.56. The van der Waals surface area contributed by atoms with Gasteiger partial charge in [-0.1, -0.05) is 31.5 Å². The second kappa shape index (κ2) is 8.10. The molecule has 0 radical (unpaired) electrons. The lowest BCUT2D eigenvalue weighted by atomic mass is 10.1. The maximum absolute atomic E-state index is 12.7. The highest BCUT2D eigenvalue weighted by molar-refractivity contribution is 7.92. The van der Waals surface area contributed by atoms with E-state index in [0.717, 1.165) is 11.1 Å². The quantitative estimate of drug-likeness (QED) is 0.772. The molecule has 0 aromatic heterocycles. The van der Waals surface area contributed by atoms with Gasteiger partial charge in [0, 0.05) is 12.2 Å². The lowest BCUT2D eigenvalue weighted by Crippen LogP contribution is -2.27. The van der Waals surface area contributed by atoms with E-state index in [9.17, 15) is 13.2 Å². The van der Waals surface area contributed by atoms with E-state index in [0.29, 0.717) is 12.2 Å². The Labute approximate surface area is 159 Å². The molecule has 0 saturated heterocycles. The first-order valence-corrected chi connectivity index (χ1v) is 10.1. The number of halogens is 1. The lowest BCUT2D eigenvalue weighted by Gasteiger charge is -2.12. The highest BCUT2D eigenvalue weighted by Crippen LogP contribution is 2.23. The summed E-state index contributed by atoms with van der Waals surface area (Å²) in [5.41, 5.74) is 2.66. The van der Waals surface area contributed by atoms with Crippen molar-refractivity contribution in [2.24, 2.45) is 5.92 Å². The fourth-order valence-electron chi connectivity index (χ4n) is 2.26. The zero-order valence-electron chi connectivity index (χ0n) is 15.3. The third-order valence-corrected chi connectivity index (χ3v) is 5.63. The smallest absolute Gasteiger partial charge is 0.261 e. The van der Waals surface area contributed by atoms with Crippen LogP contribution in [0.15, 0.2) is 41.3 Å². The Hall–Kier alpha value is -2.05. The van der Waals surface area contributed by atoms with E-state index in [-0.39, 0.29) is 21.4 Å². The number of sulfonamides is 1. The van der Waals surface area contributed by atoms with Crippen LogP contribution in [0.3, 0.4) is 0 Å². The van der Waals surface area contributed by atoms with E-state index < -0.39 is 15.9 Å². The number of carbonyl (C=O) groups is 1. The van der Waals surface area contributed by atoms with Crippen molar-refractivity contribution in [2.75, 3.05) is 11.3 Å². The number of aryl methyl sites for hydroxylation is 2. The predicted octanol–water partition coefficient (Wildman–Crippen LogP) is 4.14. The molecule has 0 fully saturated rings. The van der Waals surface area contributed by atoms with Gasteiger partial charge in [0.1, 0.15) is 0 Å². The molecule has 0 spiro atoms. The SMILES string of the molecule is Cc1ccc(NS(=O)(=O)c2ccc(Cl)c(C(=O)NCC(C)C)c2)cc1C. The molecule has 7 heteroatoms. The van der Waals surface area contributed by atoms with Crippen molar-refractivity contribution < 1.29 is 13.2 Å². The van der Waals surface area contributed by atoms with Crippen LogP contribution in [0, 0.1) is 19.8 Å². The molecular formula is C19H23ClN2O3S. The molecule has 140 valence electrons. The topological polar surface area (TPSA) is 75.3 Å². The summed E-state index contributed by atoms with van der Waals surface area (Å²) in [6, 6.07) is 9.40. The third-order valence-electron chi connectivity index (χ3n) is 3.92. The Morgan fingerprint density at radius 2 is 1.77 bits per heavy atom. The molecular weight excluding hydrogens is 372 g/mol. The number of amides is 1. The Balaban J connectivity index is 2.30. The molecule has 2 N–H and O–H groups in total. The minimum atomic E-state index is -3.84. The summed E-state index contributed by atoms with van der Waals surface area (Å²) >= 11 is 6.08. The van der Waals surface area contributed by atoms with Crippen molar-refractivity contribution >= 4 is 33.2 Å². The second-order valence-electron chi connectivity index (χ2n) is 6.65. The molecule has 0 heterocycles. The molecule has 0 atom stereocenters. The minimum absolute atomic E-state index is 0.0187. The largest absolute Gasteiger partial charge is 0.352 e. The molecule has 26 heavy (non-hydrogen) atoms. The monoisotopic (exact) mass is 394 g/mol. The summed E-state index contributed by atoms with van der Waals surface area (Å²) < 4.78 is 27.9. The molecule has 2 rings (SSSR count). The maximum Gasteiger partial charge on any atom is 0.261 e. The highest BCUT2D eigenvalue weighted by atomic mass is 35.5. The number of carbonyl (C=O) groups excluding carboxylic acids is 1. The molecule has 0 unspecified atom stereocenters. The summed E-state index contributed by atoms with van der Waals surface area (Å²) in [6.45, 7) is 8.28. The molecule has 1 amide bonds. The average molecular weight is 395 g/mol. The van der Waals surface area contributed by atoms with Gasteiger partial charge < -0.3 is 5.32 Å². The Bertz CT molecular complexity index is 924. The fourth-order valence-corrected chi connectivity index (χ4v) is 3.54. The lowest BCUT2D eigenvalue weighted by molar-refractivity contribution is 0.0949. The maximum atomic E-state index is 12.7. The van der Waals surface area contributed by atoms with Crippen molar-refractivity contribution in [3.05, 3.63) is 58.1 Å². The van der Waals surface area contributed by atoms with Gasteiger partial charge in [0.05, 0.1) is 15.5 Å². The van der Waals surface area contributed by atoms with Crippen LogP contribution >= 0.6 is 11.6 Å². The number of anilines is 1. The number of rotatable bonds is 6. The van der Waals surface area contributed by atoms with Gasteiger partial charge >= 0.3 is 0 Å². The molecule has 0 bridgehead atoms. The van der Waals surface area contributed by atoms with Crippen LogP contribution in [0.2, 0.25) is 5.02 Å². The number of hydrogen-bond acceptors (Lipinski definition) is 3. The van der Waals surface area contributed by atoms with Gasteiger partial charge in [-0.3, -0.25) is 9.52 Å². The first kappa shape index (κ1) is 20.3. The third kappa shape index (κ3) is 4.99. The number of nitrogens with one attached hydrogen (secondary N) is 2. The Kier molecular flexibility index (Phi) is 6.31. The van der Waals surface area contributed by atoms with E-state index in [1.165, 1.54) is 18.2 Å². The molecule has 0 saturated carbocycles. The van der Waals surface area contributed by atoms with Gasteiger partial charge in [-0.05, 0) is 61.2 Å². The van der Waals surface area contributed by atoms with Crippen LogP contribution in [0.5, 0.6) is 0 Å². The zero-order chi connectivity index (χ0) is 19.5. The molecule has 2 aromatic rings. The number of hydrogen-bond donors (Lipinski definition) is 2.